The van der Waals surface area contributed by atoms with E-state index in [1.54, 1.807) is 12.3 Å². The first-order valence-corrected chi connectivity index (χ1v) is 7.11. The van der Waals surface area contributed by atoms with Crippen molar-refractivity contribution in [3.05, 3.63) is 52.3 Å². The molecule has 0 saturated heterocycles. The lowest BCUT2D eigenvalue weighted by Crippen LogP contribution is -2.25. The van der Waals surface area contributed by atoms with E-state index in [1.165, 1.54) is 12.1 Å². The standard InChI is InChI=1S/C14H17BrFN3/c1-3-13(14-17-6-7-18-14)19-9(2)11-5-4-10(16)8-12(11)15/h4-9,13,19H,3H2,1-2H3,(H,17,18). The topological polar surface area (TPSA) is 40.7 Å². The van der Waals surface area contributed by atoms with Crippen molar-refractivity contribution in [1.82, 2.24) is 15.3 Å². The molecule has 102 valence electrons. The third kappa shape index (κ3) is 3.42. The minimum Gasteiger partial charge on any atom is -0.347 e. The van der Waals surface area contributed by atoms with Gasteiger partial charge in [0.1, 0.15) is 11.6 Å². The minimum absolute atomic E-state index is 0.102. The Morgan fingerprint density at radius 3 is 2.84 bits per heavy atom. The number of H-pyrrole nitrogens is 1. The first kappa shape index (κ1) is 14.2. The summed E-state index contributed by atoms with van der Waals surface area (Å²) in [5.41, 5.74) is 1.03. The van der Waals surface area contributed by atoms with Crippen LogP contribution in [0.5, 0.6) is 0 Å². The smallest absolute Gasteiger partial charge is 0.124 e. The van der Waals surface area contributed by atoms with Crippen LogP contribution in [0.3, 0.4) is 0 Å². The van der Waals surface area contributed by atoms with Crippen molar-refractivity contribution in [3.63, 3.8) is 0 Å². The average Bonchev–Trinajstić information content (AvgIpc) is 2.89. The Balaban J connectivity index is 2.13. The number of hydrogen-bond acceptors (Lipinski definition) is 2. The van der Waals surface area contributed by atoms with Crippen molar-refractivity contribution < 1.29 is 4.39 Å². The van der Waals surface area contributed by atoms with Crippen LogP contribution >= 0.6 is 15.9 Å². The molecule has 19 heavy (non-hydrogen) atoms. The lowest BCUT2D eigenvalue weighted by molar-refractivity contribution is 0.440. The molecule has 1 heterocycles. The van der Waals surface area contributed by atoms with Gasteiger partial charge in [0.15, 0.2) is 0 Å². The molecule has 0 bridgehead atoms. The fourth-order valence-corrected chi connectivity index (χ4v) is 2.80. The Kier molecular flexibility index (Phi) is 4.71. The van der Waals surface area contributed by atoms with Crippen molar-refractivity contribution in [2.45, 2.75) is 32.4 Å². The van der Waals surface area contributed by atoms with Crippen molar-refractivity contribution in [1.29, 1.82) is 0 Å². The number of aromatic amines is 1. The SMILES string of the molecule is CCC(NC(C)c1ccc(F)cc1Br)c1ncc[nH]1. The molecular weight excluding hydrogens is 309 g/mol. The first-order valence-electron chi connectivity index (χ1n) is 6.32. The van der Waals surface area contributed by atoms with E-state index >= 15 is 0 Å². The largest absolute Gasteiger partial charge is 0.347 e. The molecule has 0 aliphatic heterocycles. The van der Waals surface area contributed by atoms with Crippen LogP contribution in [0.1, 0.15) is 43.7 Å². The molecule has 1 aromatic carbocycles. The lowest BCUT2D eigenvalue weighted by atomic mass is 10.1. The van der Waals surface area contributed by atoms with Gasteiger partial charge in [-0.3, -0.25) is 0 Å². The van der Waals surface area contributed by atoms with Gasteiger partial charge in [0.05, 0.1) is 6.04 Å². The summed E-state index contributed by atoms with van der Waals surface area (Å²) in [5, 5.41) is 3.50. The highest BCUT2D eigenvalue weighted by atomic mass is 79.9. The number of benzene rings is 1. The molecule has 3 nitrogen and oxygen atoms in total. The average molecular weight is 326 g/mol. The molecule has 2 unspecified atom stereocenters. The summed E-state index contributed by atoms with van der Waals surface area (Å²) >= 11 is 3.40. The van der Waals surface area contributed by atoms with Gasteiger partial charge in [-0.15, -0.1) is 0 Å². The second kappa shape index (κ2) is 6.30. The van der Waals surface area contributed by atoms with E-state index in [9.17, 15) is 4.39 Å². The Labute approximate surface area is 120 Å². The number of imidazole rings is 1. The highest BCUT2D eigenvalue weighted by Gasteiger charge is 2.17. The molecule has 0 saturated carbocycles. The zero-order chi connectivity index (χ0) is 13.8. The zero-order valence-electron chi connectivity index (χ0n) is 11.0. The van der Waals surface area contributed by atoms with Crippen molar-refractivity contribution in [3.8, 4) is 0 Å². The van der Waals surface area contributed by atoms with Gasteiger partial charge >= 0.3 is 0 Å². The van der Waals surface area contributed by atoms with Gasteiger partial charge in [-0.25, -0.2) is 9.37 Å². The first-order chi connectivity index (χ1) is 9.11. The molecule has 0 fully saturated rings. The maximum absolute atomic E-state index is 13.1. The Morgan fingerprint density at radius 2 is 2.26 bits per heavy atom. The van der Waals surface area contributed by atoms with Crippen LogP contribution in [-0.4, -0.2) is 9.97 Å². The summed E-state index contributed by atoms with van der Waals surface area (Å²) in [6, 6.07) is 5.02. The maximum atomic E-state index is 13.1. The quantitative estimate of drug-likeness (QED) is 0.868. The predicted molar refractivity (Wildman–Crippen MR) is 77.3 cm³/mol. The highest BCUT2D eigenvalue weighted by molar-refractivity contribution is 9.10. The summed E-state index contributed by atoms with van der Waals surface area (Å²) in [6.07, 6.45) is 4.49. The Bertz CT molecular complexity index is 527. The highest BCUT2D eigenvalue weighted by Crippen LogP contribution is 2.26. The van der Waals surface area contributed by atoms with Crippen LogP contribution in [0.15, 0.2) is 35.1 Å². The second-order valence-electron chi connectivity index (χ2n) is 4.49. The van der Waals surface area contributed by atoms with Crippen LogP contribution in [0, 0.1) is 5.82 Å². The summed E-state index contributed by atoms with van der Waals surface area (Å²) in [7, 11) is 0. The zero-order valence-corrected chi connectivity index (χ0v) is 12.5. The maximum Gasteiger partial charge on any atom is 0.124 e. The van der Waals surface area contributed by atoms with Gasteiger partial charge < -0.3 is 10.3 Å². The fraction of sp³-hybridized carbons (Fsp3) is 0.357. The molecule has 0 spiro atoms. The van der Waals surface area contributed by atoms with Crippen LogP contribution in [-0.2, 0) is 0 Å². The van der Waals surface area contributed by atoms with Crippen molar-refractivity contribution in [2.75, 3.05) is 0 Å². The van der Waals surface area contributed by atoms with E-state index in [0.29, 0.717) is 0 Å². The van der Waals surface area contributed by atoms with Crippen molar-refractivity contribution in [2.24, 2.45) is 0 Å². The summed E-state index contributed by atoms with van der Waals surface area (Å²) < 4.78 is 13.9. The van der Waals surface area contributed by atoms with E-state index in [4.69, 9.17) is 0 Å². The van der Waals surface area contributed by atoms with E-state index in [0.717, 1.165) is 22.3 Å². The summed E-state index contributed by atoms with van der Waals surface area (Å²) in [4.78, 5) is 7.40. The van der Waals surface area contributed by atoms with E-state index in [-0.39, 0.29) is 17.9 Å². The number of rotatable bonds is 5. The summed E-state index contributed by atoms with van der Waals surface area (Å²) in [6.45, 7) is 4.16. The van der Waals surface area contributed by atoms with E-state index in [2.05, 4.69) is 45.1 Å². The molecule has 1 aromatic heterocycles. The van der Waals surface area contributed by atoms with Gasteiger partial charge in [0, 0.05) is 22.9 Å². The molecule has 0 radical (unpaired) electrons. The summed E-state index contributed by atoms with van der Waals surface area (Å²) in [5.74, 6) is 0.688. The van der Waals surface area contributed by atoms with Gasteiger partial charge in [-0.1, -0.05) is 28.9 Å². The number of hydrogen-bond donors (Lipinski definition) is 2. The predicted octanol–water partition coefficient (Wildman–Crippen LogP) is 4.11. The van der Waals surface area contributed by atoms with Crippen LogP contribution < -0.4 is 5.32 Å². The van der Waals surface area contributed by atoms with Gasteiger partial charge in [-0.2, -0.15) is 0 Å². The molecule has 2 aromatic rings. The second-order valence-corrected chi connectivity index (χ2v) is 5.34. The van der Waals surface area contributed by atoms with Crippen LogP contribution in [0.4, 0.5) is 4.39 Å². The fourth-order valence-electron chi connectivity index (χ4n) is 2.10. The molecule has 2 N–H and O–H groups in total. The van der Waals surface area contributed by atoms with Crippen molar-refractivity contribution >= 4 is 15.9 Å². The van der Waals surface area contributed by atoms with Gasteiger partial charge in [0.25, 0.3) is 0 Å². The monoisotopic (exact) mass is 325 g/mol. The van der Waals surface area contributed by atoms with Gasteiger partial charge in [0.2, 0.25) is 0 Å². The normalized spacial score (nSPS) is 14.3. The number of nitrogens with zero attached hydrogens (tertiary/aromatic N) is 1. The third-order valence-electron chi connectivity index (χ3n) is 3.14. The molecule has 2 rings (SSSR count). The van der Waals surface area contributed by atoms with Crippen LogP contribution in [0.25, 0.3) is 0 Å². The molecule has 0 amide bonds. The van der Waals surface area contributed by atoms with Gasteiger partial charge in [-0.05, 0) is 31.0 Å². The number of aromatic nitrogens is 2. The van der Waals surface area contributed by atoms with Crippen LogP contribution in [0.2, 0.25) is 0 Å². The van der Waals surface area contributed by atoms with E-state index < -0.39 is 0 Å². The third-order valence-corrected chi connectivity index (χ3v) is 3.82. The van der Waals surface area contributed by atoms with E-state index in [1.807, 2.05) is 6.20 Å². The number of nitrogens with one attached hydrogen (secondary N) is 2. The minimum atomic E-state index is -0.235. The lowest BCUT2D eigenvalue weighted by Gasteiger charge is -2.22. The molecule has 5 heteroatoms. The Morgan fingerprint density at radius 1 is 1.47 bits per heavy atom. The molecule has 0 aliphatic carbocycles. The molecule has 0 aliphatic rings. The Hall–Kier alpha value is -1.20. The molecule has 2 atom stereocenters. The number of halogens is 2. The molecular formula is C14H17BrFN3.